The van der Waals surface area contributed by atoms with Gasteiger partial charge in [0.2, 0.25) is 0 Å². The lowest BCUT2D eigenvalue weighted by Crippen LogP contribution is -2.01. The monoisotopic (exact) mass is 230 g/mol. The molecule has 4 heteroatoms. The van der Waals surface area contributed by atoms with E-state index in [9.17, 15) is 4.79 Å². The highest BCUT2D eigenvalue weighted by atomic mass is 16.4. The molecule has 0 amide bonds. The number of nitrogens with zero attached hydrogens (tertiary/aromatic N) is 2. The van der Waals surface area contributed by atoms with Crippen molar-refractivity contribution in [3.63, 3.8) is 0 Å². The van der Waals surface area contributed by atoms with Gasteiger partial charge in [-0.25, -0.2) is 4.68 Å². The number of carboxylic acids is 1. The molecule has 17 heavy (non-hydrogen) atoms. The highest BCUT2D eigenvalue weighted by molar-refractivity contribution is 5.67. The van der Waals surface area contributed by atoms with Crippen LogP contribution in [0.25, 0.3) is 5.69 Å². The summed E-state index contributed by atoms with van der Waals surface area (Å²) in [6, 6.07) is 7.81. The number of hydrogen-bond donors (Lipinski definition) is 1. The van der Waals surface area contributed by atoms with Gasteiger partial charge in [0.05, 0.1) is 5.69 Å². The van der Waals surface area contributed by atoms with E-state index in [0.29, 0.717) is 6.42 Å². The molecule has 0 fully saturated rings. The molecular weight excluding hydrogens is 216 g/mol. The Labute approximate surface area is 99.5 Å². The molecule has 1 aromatic heterocycles. The molecule has 0 unspecified atom stereocenters. The van der Waals surface area contributed by atoms with Gasteiger partial charge >= 0.3 is 5.97 Å². The molecule has 88 valence electrons. The van der Waals surface area contributed by atoms with E-state index in [4.69, 9.17) is 5.11 Å². The van der Waals surface area contributed by atoms with Crippen molar-refractivity contribution in [2.75, 3.05) is 0 Å². The molecular formula is C13H14N2O2. The molecule has 0 spiro atoms. The summed E-state index contributed by atoms with van der Waals surface area (Å²) in [6.07, 6.45) is 4.30. The standard InChI is InChI=1S/C13H14N2O2/c1-10-3-4-11(5-6-13(16)17)9-12(10)15-8-2-7-14-15/h2-4,7-9H,5-6H2,1H3,(H,16,17). The molecule has 0 aliphatic rings. The summed E-state index contributed by atoms with van der Waals surface area (Å²) in [7, 11) is 0. The summed E-state index contributed by atoms with van der Waals surface area (Å²) >= 11 is 0. The molecule has 0 aliphatic heterocycles. The number of rotatable bonds is 4. The van der Waals surface area contributed by atoms with Crippen LogP contribution in [0.4, 0.5) is 0 Å². The van der Waals surface area contributed by atoms with E-state index in [-0.39, 0.29) is 6.42 Å². The molecule has 0 saturated heterocycles. The van der Waals surface area contributed by atoms with Crippen molar-refractivity contribution in [3.05, 3.63) is 47.8 Å². The van der Waals surface area contributed by atoms with Crippen molar-refractivity contribution in [1.82, 2.24) is 9.78 Å². The molecule has 1 heterocycles. The van der Waals surface area contributed by atoms with E-state index >= 15 is 0 Å². The van der Waals surface area contributed by atoms with E-state index in [1.54, 1.807) is 10.9 Å². The second-order valence-electron chi connectivity index (χ2n) is 3.97. The lowest BCUT2D eigenvalue weighted by Gasteiger charge is -2.08. The van der Waals surface area contributed by atoms with E-state index in [2.05, 4.69) is 5.10 Å². The molecule has 1 N–H and O–H groups in total. The van der Waals surface area contributed by atoms with Gasteiger partial charge in [-0.2, -0.15) is 5.10 Å². The fourth-order valence-electron chi connectivity index (χ4n) is 1.72. The minimum absolute atomic E-state index is 0.154. The first kappa shape index (κ1) is 11.4. The first-order valence-corrected chi connectivity index (χ1v) is 5.48. The Kier molecular flexibility index (Phi) is 3.23. The molecule has 0 bridgehead atoms. The van der Waals surface area contributed by atoms with Gasteiger partial charge in [0.1, 0.15) is 0 Å². The average molecular weight is 230 g/mol. The average Bonchev–Trinajstić information content (AvgIpc) is 2.81. The number of aryl methyl sites for hydroxylation is 2. The fourth-order valence-corrected chi connectivity index (χ4v) is 1.72. The highest BCUT2D eigenvalue weighted by Crippen LogP contribution is 2.16. The van der Waals surface area contributed by atoms with Gasteiger partial charge in [0, 0.05) is 18.8 Å². The molecule has 1 aromatic carbocycles. The maximum absolute atomic E-state index is 10.5. The number of carbonyl (C=O) groups is 1. The maximum atomic E-state index is 10.5. The zero-order valence-electron chi connectivity index (χ0n) is 9.63. The molecule has 4 nitrogen and oxygen atoms in total. The van der Waals surface area contributed by atoms with Crippen LogP contribution in [-0.2, 0) is 11.2 Å². The van der Waals surface area contributed by atoms with Crippen LogP contribution in [-0.4, -0.2) is 20.9 Å². The molecule has 2 rings (SSSR count). The minimum Gasteiger partial charge on any atom is -0.481 e. The third-order valence-electron chi connectivity index (χ3n) is 2.65. The molecule has 0 aliphatic carbocycles. The number of aromatic nitrogens is 2. The summed E-state index contributed by atoms with van der Waals surface area (Å²) in [5, 5.41) is 12.8. The predicted octanol–water partition coefficient (Wildman–Crippen LogP) is 2.20. The predicted molar refractivity (Wildman–Crippen MR) is 64.3 cm³/mol. The van der Waals surface area contributed by atoms with Gasteiger partial charge in [0.15, 0.2) is 0 Å². The van der Waals surface area contributed by atoms with Crippen LogP contribution in [0.5, 0.6) is 0 Å². The number of carboxylic acid groups (broad SMARTS) is 1. The summed E-state index contributed by atoms with van der Waals surface area (Å²) in [6.45, 7) is 2.01. The van der Waals surface area contributed by atoms with Crippen molar-refractivity contribution in [2.24, 2.45) is 0 Å². The smallest absolute Gasteiger partial charge is 0.303 e. The second kappa shape index (κ2) is 4.82. The number of benzene rings is 1. The zero-order valence-corrected chi connectivity index (χ0v) is 9.63. The Balaban J connectivity index is 2.27. The summed E-state index contributed by atoms with van der Waals surface area (Å²) in [5.41, 5.74) is 3.13. The van der Waals surface area contributed by atoms with Crippen LogP contribution >= 0.6 is 0 Å². The maximum Gasteiger partial charge on any atom is 0.303 e. The quantitative estimate of drug-likeness (QED) is 0.876. The highest BCUT2D eigenvalue weighted by Gasteiger charge is 2.04. The van der Waals surface area contributed by atoms with Crippen molar-refractivity contribution in [1.29, 1.82) is 0 Å². The Morgan fingerprint density at radius 3 is 2.94 bits per heavy atom. The van der Waals surface area contributed by atoms with E-state index < -0.39 is 5.97 Å². The minimum atomic E-state index is -0.772. The molecule has 2 aromatic rings. The van der Waals surface area contributed by atoms with Crippen molar-refractivity contribution >= 4 is 5.97 Å². The van der Waals surface area contributed by atoms with Gasteiger partial charge in [0.25, 0.3) is 0 Å². The molecule has 0 atom stereocenters. The second-order valence-corrected chi connectivity index (χ2v) is 3.97. The van der Waals surface area contributed by atoms with Gasteiger partial charge in [-0.1, -0.05) is 12.1 Å². The van der Waals surface area contributed by atoms with Gasteiger partial charge in [-0.15, -0.1) is 0 Å². The summed E-state index contributed by atoms with van der Waals surface area (Å²) in [5.74, 6) is -0.772. The fraction of sp³-hybridized carbons (Fsp3) is 0.231. The molecule has 0 radical (unpaired) electrons. The summed E-state index contributed by atoms with van der Waals surface area (Å²) < 4.78 is 1.79. The Bertz CT molecular complexity index is 518. The van der Waals surface area contributed by atoms with Crippen molar-refractivity contribution in [2.45, 2.75) is 19.8 Å². The third-order valence-corrected chi connectivity index (χ3v) is 2.65. The normalized spacial score (nSPS) is 10.4. The van der Waals surface area contributed by atoms with Gasteiger partial charge in [-0.3, -0.25) is 4.79 Å². The van der Waals surface area contributed by atoms with Crippen molar-refractivity contribution in [3.8, 4) is 5.69 Å². The van der Waals surface area contributed by atoms with Crippen molar-refractivity contribution < 1.29 is 9.90 Å². The zero-order chi connectivity index (χ0) is 12.3. The first-order chi connectivity index (χ1) is 8.16. The van der Waals surface area contributed by atoms with Crippen LogP contribution in [0.1, 0.15) is 17.5 Å². The number of hydrogen-bond acceptors (Lipinski definition) is 2. The van der Waals surface area contributed by atoms with Gasteiger partial charge < -0.3 is 5.11 Å². The SMILES string of the molecule is Cc1ccc(CCC(=O)O)cc1-n1cccn1. The Morgan fingerprint density at radius 2 is 2.29 bits per heavy atom. The molecule has 0 saturated carbocycles. The van der Waals surface area contributed by atoms with E-state index in [0.717, 1.165) is 16.8 Å². The van der Waals surface area contributed by atoms with Crippen LogP contribution in [0.3, 0.4) is 0 Å². The number of aliphatic carboxylic acids is 1. The Morgan fingerprint density at radius 1 is 1.47 bits per heavy atom. The van der Waals surface area contributed by atoms with Crippen LogP contribution in [0.2, 0.25) is 0 Å². The topological polar surface area (TPSA) is 55.1 Å². The van der Waals surface area contributed by atoms with E-state index in [1.807, 2.05) is 37.4 Å². The largest absolute Gasteiger partial charge is 0.481 e. The van der Waals surface area contributed by atoms with Crippen LogP contribution < -0.4 is 0 Å². The van der Waals surface area contributed by atoms with Gasteiger partial charge in [-0.05, 0) is 36.6 Å². The lowest BCUT2D eigenvalue weighted by atomic mass is 10.1. The Hall–Kier alpha value is -2.10. The third kappa shape index (κ3) is 2.72. The first-order valence-electron chi connectivity index (χ1n) is 5.48. The lowest BCUT2D eigenvalue weighted by molar-refractivity contribution is -0.136. The van der Waals surface area contributed by atoms with Crippen LogP contribution in [0.15, 0.2) is 36.7 Å². The van der Waals surface area contributed by atoms with Crippen LogP contribution in [0, 0.1) is 6.92 Å². The van der Waals surface area contributed by atoms with E-state index in [1.165, 1.54) is 0 Å². The summed E-state index contributed by atoms with van der Waals surface area (Å²) in [4.78, 5) is 10.5.